The van der Waals surface area contributed by atoms with Gasteiger partial charge in [0.15, 0.2) is 17.4 Å². The Balaban J connectivity index is 1.82. The predicted molar refractivity (Wildman–Crippen MR) is 103 cm³/mol. The number of nitriles is 1. The Morgan fingerprint density at radius 3 is 2.36 bits per heavy atom. The number of ether oxygens (including phenoxy) is 3. The molecule has 0 saturated carbocycles. The fourth-order valence-electron chi connectivity index (χ4n) is 2.76. The highest BCUT2D eigenvalue weighted by Gasteiger charge is 2.34. The molecule has 1 heterocycles. The summed E-state index contributed by atoms with van der Waals surface area (Å²) >= 11 is 0. The lowest BCUT2D eigenvalue weighted by molar-refractivity contribution is -0.137. The third-order valence-corrected chi connectivity index (χ3v) is 4.36. The lowest BCUT2D eigenvalue weighted by Gasteiger charge is -2.13. The lowest BCUT2D eigenvalue weighted by atomic mass is 10.1. The molecule has 7 nitrogen and oxygen atoms in total. The Kier molecular flexibility index (Phi) is 6.52. The van der Waals surface area contributed by atoms with Gasteiger partial charge >= 0.3 is 11.9 Å². The van der Waals surface area contributed by atoms with E-state index in [1.54, 1.807) is 0 Å². The number of alkyl halides is 3. The van der Waals surface area contributed by atoms with E-state index in [0.29, 0.717) is 6.07 Å². The molecule has 0 N–H and O–H groups in total. The summed E-state index contributed by atoms with van der Waals surface area (Å²) in [5.41, 5.74) is -2.64. The highest BCUT2D eigenvalue weighted by molar-refractivity contribution is 5.46. The number of benzene rings is 2. The molecule has 0 aliphatic carbocycles. The monoisotopic (exact) mass is 467 g/mol. The van der Waals surface area contributed by atoms with Gasteiger partial charge in [0, 0.05) is 7.05 Å². The molecule has 0 radical (unpaired) electrons. The number of hydrogen-bond acceptors (Lipinski definition) is 6. The predicted octanol–water partition coefficient (Wildman–Crippen LogP) is 4.33. The first kappa shape index (κ1) is 23.5. The highest BCUT2D eigenvalue weighted by atomic mass is 19.4. The second-order valence-electron chi connectivity index (χ2n) is 6.57. The molecule has 0 aliphatic rings. The van der Waals surface area contributed by atoms with Crippen LogP contribution in [0.25, 0.3) is 0 Å². The first-order valence-corrected chi connectivity index (χ1v) is 9.05. The molecule has 0 unspecified atom stereocenters. The summed E-state index contributed by atoms with van der Waals surface area (Å²) < 4.78 is 84.5. The maximum atomic E-state index is 14.5. The number of methoxy groups -OCH3 is 1. The van der Waals surface area contributed by atoms with E-state index in [-0.39, 0.29) is 23.9 Å². The van der Waals surface area contributed by atoms with E-state index in [9.17, 15) is 26.7 Å². The standard InChI is InChI=1S/C21H14F5N3O4/c1-29-18(31-2)8-17(28-20(29)30)32-10-11-5-15(22)19(16(23)6-11)33-13-4-3-12(9-27)14(7-13)21(24,25)26/h3-8H,10H2,1-2H3. The summed E-state index contributed by atoms with van der Waals surface area (Å²) in [6.07, 6.45) is -4.86. The van der Waals surface area contributed by atoms with Crippen LogP contribution in [0.3, 0.4) is 0 Å². The average Bonchev–Trinajstić information content (AvgIpc) is 2.76. The zero-order valence-corrected chi connectivity index (χ0v) is 17.0. The summed E-state index contributed by atoms with van der Waals surface area (Å²) in [6.45, 7) is -0.382. The maximum Gasteiger partial charge on any atom is 0.417 e. The van der Waals surface area contributed by atoms with Gasteiger partial charge < -0.3 is 14.2 Å². The minimum atomic E-state index is -4.86. The molecule has 3 rings (SSSR count). The largest absolute Gasteiger partial charge is 0.482 e. The number of rotatable bonds is 6. The van der Waals surface area contributed by atoms with Gasteiger partial charge in [0.05, 0.1) is 30.4 Å². The minimum Gasteiger partial charge on any atom is -0.482 e. The molecule has 0 saturated heterocycles. The zero-order valence-electron chi connectivity index (χ0n) is 17.0. The molecular weight excluding hydrogens is 453 g/mol. The normalized spacial score (nSPS) is 11.1. The third kappa shape index (κ3) is 5.20. The van der Waals surface area contributed by atoms with Crippen molar-refractivity contribution in [1.29, 1.82) is 5.26 Å². The van der Waals surface area contributed by atoms with E-state index in [0.717, 1.165) is 28.8 Å². The SMILES string of the molecule is COc1cc(OCc2cc(F)c(Oc3ccc(C#N)c(C(F)(F)F)c3)c(F)c2)nc(=O)n1C. The summed E-state index contributed by atoms with van der Waals surface area (Å²) in [7, 11) is 2.75. The van der Waals surface area contributed by atoms with Crippen LogP contribution in [0.2, 0.25) is 0 Å². The van der Waals surface area contributed by atoms with Crippen molar-refractivity contribution < 1.29 is 36.2 Å². The van der Waals surface area contributed by atoms with E-state index in [2.05, 4.69) is 4.98 Å². The van der Waals surface area contributed by atoms with Crippen LogP contribution in [-0.4, -0.2) is 16.7 Å². The van der Waals surface area contributed by atoms with Crippen LogP contribution in [0, 0.1) is 23.0 Å². The molecule has 2 aromatic carbocycles. The van der Waals surface area contributed by atoms with Crippen LogP contribution in [0.1, 0.15) is 16.7 Å². The number of halogens is 5. The topological polar surface area (TPSA) is 86.4 Å². The first-order valence-electron chi connectivity index (χ1n) is 9.05. The molecule has 12 heteroatoms. The van der Waals surface area contributed by atoms with Crippen molar-refractivity contribution in [2.45, 2.75) is 12.8 Å². The number of aromatic nitrogens is 2. The summed E-state index contributed by atoms with van der Waals surface area (Å²) in [6, 6.07) is 6.69. The van der Waals surface area contributed by atoms with Crippen molar-refractivity contribution in [2.24, 2.45) is 7.05 Å². The fraction of sp³-hybridized carbons (Fsp3) is 0.190. The summed E-state index contributed by atoms with van der Waals surface area (Å²) in [5, 5.41) is 8.82. The van der Waals surface area contributed by atoms with Gasteiger partial charge in [-0.3, -0.25) is 4.57 Å². The van der Waals surface area contributed by atoms with E-state index >= 15 is 0 Å². The van der Waals surface area contributed by atoms with Crippen LogP contribution in [0.15, 0.2) is 41.2 Å². The molecule has 3 aromatic rings. The highest BCUT2D eigenvalue weighted by Crippen LogP contribution is 2.36. The van der Waals surface area contributed by atoms with Crippen molar-refractivity contribution in [3.63, 3.8) is 0 Å². The third-order valence-electron chi connectivity index (χ3n) is 4.36. The molecule has 0 bridgehead atoms. The Hall–Kier alpha value is -4.14. The van der Waals surface area contributed by atoms with Crippen LogP contribution in [-0.2, 0) is 19.8 Å². The van der Waals surface area contributed by atoms with Crippen molar-refractivity contribution in [1.82, 2.24) is 9.55 Å². The molecular formula is C21H14F5N3O4. The van der Waals surface area contributed by atoms with Gasteiger partial charge in [-0.25, -0.2) is 13.6 Å². The van der Waals surface area contributed by atoms with Crippen LogP contribution < -0.4 is 19.9 Å². The summed E-state index contributed by atoms with van der Waals surface area (Å²) in [4.78, 5) is 15.4. The van der Waals surface area contributed by atoms with Crippen LogP contribution in [0.5, 0.6) is 23.3 Å². The van der Waals surface area contributed by atoms with Gasteiger partial charge in [0.1, 0.15) is 12.4 Å². The molecule has 0 spiro atoms. The van der Waals surface area contributed by atoms with E-state index in [1.165, 1.54) is 26.3 Å². The van der Waals surface area contributed by atoms with Crippen molar-refractivity contribution >= 4 is 0 Å². The molecule has 172 valence electrons. The van der Waals surface area contributed by atoms with Crippen molar-refractivity contribution in [2.75, 3.05) is 7.11 Å². The van der Waals surface area contributed by atoms with E-state index in [4.69, 9.17) is 19.5 Å². The zero-order chi connectivity index (χ0) is 24.3. The van der Waals surface area contributed by atoms with Gasteiger partial charge in [-0.15, -0.1) is 0 Å². The Morgan fingerprint density at radius 2 is 1.79 bits per heavy atom. The molecule has 1 aromatic heterocycles. The second-order valence-corrected chi connectivity index (χ2v) is 6.57. The van der Waals surface area contributed by atoms with Gasteiger partial charge in [-0.05, 0) is 35.9 Å². The Morgan fingerprint density at radius 1 is 1.12 bits per heavy atom. The number of hydrogen-bond donors (Lipinski definition) is 0. The van der Waals surface area contributed by atoms with Crippen molar-refractivity contribution in [3.8, 4) is 29.3 Å². The second kappa shape index (κ2) is 9.15. The number of nitrogens with zero attached hydrogens (tertiary/aromatic N) is 3. The molecule has 33 heavy (non-hydrogen) atoms. The van der Waals surface area contributed by atoms with Crippen LogP contribution >= 0.6 is 0 Å². The summed E-state index contributed by atoms with van der Waals surface area (Å²) in [5.74, 6) is -3.87. The van der Waals surface area contributed by atoms with Crippen molar-refractivity contribution in [3.05, 3.63) is 75.2 Å². The Bertz CT molecular complexity index is 1280. The molecule has 0 amide bonds. The van der Waals surface area contributed by atoms with Gasteiger partial charge in [0.25, 0.3) is 0 Å². The lowest BCUT2D eigenvalue weighted by Crippen LogP contribution is -2.21. The first-order chi connectivity index (χ1) is 15.5. The average molecular weight is 467 g/mol. The molecule has 0 aliphatic heterocycles. The van der Waals surface area contributed by atoms with Gasteiger partial charge in [-0.2, -0.15) is 23.4 Å². The quantitative estimate of drug-likeness (QED) is 0.502. The minimum absolute atomic E-state index is 0.00500. The fourth-order valence-corrected chi connectivity index (χ4v) is 2.76. The molecule has 0 atom stereocenters. The van der Waals surface area contributed by atoms with Crippen LogP contribution in [0.4, 0.5) is 22.0 Å². The van der Waals surface area contributed by atoms with Gasteiger partial charge in [-0.1, -0.05) is 0 Å². The Labute approximate surface area is 183 Å². The molecule has 0 fully saturated rings. The maximum absolute atomic E-state index is 14.5. The van der Waals surface area contributed by atoms with E-state index < -0.39 is 46.1 Å². The van der Waals surface area contributed by atoms with E-state index in [1.807, 2.05) is 0 Å². The van der Waals surface area contributed by atoms with Gasteiger partial charge in [0.2, 0.25) is 11.8 Å². The smallest absolute Gasteiger partial charge is 0.417 e.